The Labute approximate surface area is 140 Å². The number of nitrogens with one attached hydrogen (secondary N) is 2. The van der Waals surface area contributed by atoms with Crippen LogP contribution in [0.15, 0.2) is 0 Å². The molecular weight excluding hydrogens is 316 g/mol. The molecule has 0 aromatic carbocycles. The molecule has 2 N–H and O–H groups in total. The molecule has 6 nitrogen and oxygen atoms in total. The number of aryl methyl sites for hydroxylation is 1. The van der Waals surface area contributed by atoms with Gasteiger partial charge < -0.3 is 20.1 Å². The summed E-state index contributed by atoms with van der Waals surface area (Å²) in [6.07, 6.45) is 1.05. The molecule has 0 spiro atoms. The molecule has 0 radical (unpaired) electrons. The van der Waals surface area contributed by atoms with Gasteiger partial charge in [-0.05, 0) is 25.8 Å². The summed E-state index contributed by atoms with van der Waals surface area (Å²) in [5.41, 5.74) is 1.45. The molecule has 1 aromatic rings. The molecule has 1 atom stereocenters. The second kappa shape index (κ2) is 8.42. The number of rotatable bonds is 6. The van der Waals surface area contributed by atoms with Crippen molar-refractivity contribution in [3.63, 3.8) is 0 Å². The van der Waals surface area contributed by atoms with E-state index in [9.17, 15) is 9.59 Å². The summed E-state index contributed by atoms with van der Waals surface area (Å²) < 4.78 is 10.5. The number of carbonyl (C=O) groups is 2. The highest BCUT2D eigenvalue weighted by atomic mass is 32.1. The number of carbonyl (C=O) groups excluding carboxylic acids is 2. The van der Waals surface area contributed by atoms with Gasteiger partial charge in [-0.25, -0.2) is 4.79 Å². The zero-order chi connectivity index (χ0) is 16.8. The van der Waals surface area contributed by atoms with Gasteiger partial charge in [0.1, 0.15) is 5.00 Å². The lowest BCUT2D eigenvalue weighted by Gasteiger charge is -2.23. The Bertz CT molecular complexity index is 565. The molecule has 2 heterocycles. The van der Waals surface area contributed by atoms with Crippen molar-refractivity contribution < 1.29 is 19.1 Å². The fourth-order valence-electron chi connectivity index (χ4n) is 2.66. The zero-order valence-corrected chi connectivity index (χ0v) is 14.7. The first-order chi connectivity index (χ1) is 11.1. The molecule has 1 amide bonds. The van der Waals surface area contributed by atoms with Crippen LogP contribution < -0.4 is 10.6 Å². The van der Waals surface area contributed by atoms with E-state index >= 15 is 0 Å². The Morgan fingerprint density at radius 2 is 2.22 bits per heavy atom. The van der Waals surface area contributed by atoms with Crippen molar-refractivity contribution in [2.45, 2.75) is 39.7 Å². The van der Waals surface area contributed by atoms with Gasteiger partial charge in [0.25, 0.3) is 0 Å². The minimum atomic E-state index is -0.372. The molecule has 1 aromatic heterocycles. The number of hydrogen-bond donors (Lipinski definition) is 2. The van der Waals surface area contributed by atoms with E-state index in [1.54, 1.807) is 6.92 Å². The summed E-state index contributed by atoms with van der Waals surface area (Å²) in [7, 11) is 0. The number of morpholine rings is 1. The summed E-state index contributed by atoms with van der Waals surface area (Å²) in [6.45, 7) is 8.00. The molecule has 128 valence electrons. The molecule has 1 fully saturated rings. The van der Waals surface area contributed by atoms with E-state index in [0.29, 0.717) is 36.8 Å². The first kappa shape index (κ1) is 17.9. The second-order valence-electron chi connectivity index (χ2n) is 5.39. The Kier molecular flexibility index (Phi) is 6.56. The molecule has 1 unspecified atom stereocenters. The minimum absolute atomic E-state index is 0.0153. The fraction of sp³-hybridized carbons (Fsp3) is 0.625. The van der Waals surface area contributed by atoms with Crippen molar-refractivity contribution in [2.75, 3.05) is 31.7 Å². The molecule has 2 rings (SSSR count). The maximum absolute atomic E-state index is 12.3. The van der Waals surface area contributed by atoms with Gasteiger partial charge in [0.2, 0.25) is 5.91 Å². The van der Waals surface area contributed by atoms with Crippen molar-refractivity contribution in [1.82, 2.24) is 5.32 Å². The highest BCUT2D eigenvalue weighted by molar-refractivity contribution is 7.16. The Balaban J connectivity index is 2.11. The normalized spacial score (nSPS) is 17.8. The quantitative estimate of drug-likeness (QED) is 0.776. The molecule has 1 aliphatic rings. The van der Waals surface area contributed by atoms with Crippen LogP contribution in [-0.2, 0) is 20.7 Å². The SMILES string of the molecule is CCOC(=O)c1c(NC(=O)CC2COCCN2)sc(C)c1CC. The molecule has 23 heavy (non-hydrogen) atoms. The van der Waals surface area contributed by atoms with E-state index in [1.807, 2.05) is 13.8 Å². The summed E-state index contributed by atoms with van der Waals surface area (Å²) in [5, 5.41) is 6.71. The van der Waals surface area contributed by atoms with Crippen LogP contribution in [0.1, 0.15) is 41.1 Å². The smallest absolute Gasteiger partial charge is 0.341 e. The van der Waals surface area contributed by atoms with E-state index in [2.05, 4.69) is 10.6 Å². The topological polar surface area (TPSA) is 76.7 Å². The van der Waals surface area contributed by atoms with Crippen LogP contribution in [-0.4, -0.2) is 44.3 Å². The van der Waals surface area contributed by atoms with Crippen molar-refractivity contribution in [3.05, 3.63) is 16.0 Å². The minimum Gasteiger partial charge on any atom is -0.462 e. The molecule has 1 aliphatic heterocycles. The molecule has 0 aliphatic carbocycles. The largest absolute Gasteiger partial charge is 0.462 e. The standard InChI is InChI=1S/C16H24N2O4S/c1-4-12-10(3)23-15(14(12)16(20)22-5-2)18-13(19)8-11-9-21-7-6-17-11/h11,17H,4-9H2,1-3H3,(H,18,19). The number of ether oxygens (including phenoxy) is 2. The highest BCUT2D eigenvalue weighted by Gasteiger charge is 2.24. The van der Waals surface area contributed by atoms with Gasteiger partial charge in [-0.1, -0.05) is 6.92 Å². The van der Waals surface area contributed by atoms with E-state index < -0.39 is 0 Å². The average molecular weight is 340 g/mol. The second-order valence-corrected chi connectivity index (χ2v) is 6.62. The fourth-order valence-corrected chi connectivity index (χ4v) is 3.81. The summed E-state index contributed by atoms with van der Waals surface area (Å²) in [6, 6.07) is 0.0153. The zero-order valence-electron chi connectivity index (χ0n) is 13.9. The van der Waals surface area contributed by atoms with Crippen molar-refractivity contribution in [3.8, 4) is 0 Å². The van der Waals surface area contributed by atoms with Gasteiger partial charge in [-0.2, -0.15) is 0 Å². The van der Waals surface area contributed by atoms with Gasteiger partial charge in [0.15, 0.2) is 0 Å². The van der Waals surface area contributed by atoms with Gasteiger partial charge >= 0.3 is 5.97 Å². The number of esters is 1. The van der Waals surface area contributed by atoms with Gasteiger partial charge in [0, 0.05) is 23.9 Å². The predicted octanol–water partition coefficient (Wildman–Crippen LogP) is 2.11. The van der Waals surface area contributed by atoms with Crippen LogP contribution in [0.4, 0.5) is 5.00 Å². The number of thiophene rings is 1. The number of amides is 1. The van der Waals surface area contributed by atoms with Crippen LogP contribution in [0.3, 0.4) is 0 Å². The summed E-state index contributed by atoms with van der Waals surface area (Å²) in [4.78, 5) is 25.5. The van der Waals surface area contributed by atoms with Crippen LogP contribution in [0, 0.1) is 6.92 Å². The number of anilines is 1. The van der Waals surface area contributed by atoms with Crippen molar-refractivity contribution in [1.29, 1.82) is 0 Å². The van der Waals surface area contributed by atoms with Crippen LogP contribution in [0.25, 0.3) is 0 Å². The summed E-state index contributed by atoms with van der Waals surface area (Å²) in [5.74, 6) is -0.495. The van der Waals surface area contributed by atoms with E-state index in [0.717, 1.165) is 23.4 Å². The van der Waals surface area contributed by atoms with Crippen molar-refractivity contribution in [2.24, 2.45) is 0 Å². The molecule has 0 bridgehead atoms. The first-order valence-electron chi connectivity index (χ1n) is 7.97. The van der Waals surface area contributed by atoms with E-state index in [4.69, 9.17) is 9.47 Å². The van der Waals surface area contributed by atoms with E-state index in [-0.39, 0.29) is 17.9 Å². The molecule has 7 heteroatoms. The molecular formula is C16H24N2O4S. The maximum atomic E-state index is 12.3. The van der Waals surface area contributed by atoms with Gasteiger partial charge in [-0.15, -0.1) is 11.3 Å². The third-order valence-electron chi connectivity index (χ3n) is 3.73. The maximum Gasteiger partial charge on any atom is 0.341 e. The first-order valence-corrected chi connectivity index (χ1v) is 8.78. The molecule has 1 saturated heterocycles. The monoisotopic (exact) mass is 340 g/mol. The van der Waals surface area contributed by atoms with Crippen molar-refractivity contribution >= 4 is 28.2 Å². The third kappa shape index (κ3) is 4.53. The Morgan fingerprint density at radius 3 is 2.83 bits per heavy atom. The molecule has 0 saturated carbocycles. The lowest BCUT2D eigenvalue weighted by atomic mass is 10.1. The third-order valence-corrected chi connectivity index (χ3v) is 4.79. The number of hydrogen-bond acceptors (Lipinski definition) is 6. The predicted molar refractivity (Wildman–Crippen MR) is 90.2 cm³/mol. The Morgan fingerprint density at radius 1 is 1.43 bits per heavy atom. The highest BCUT2D eigenvalue weighted by Crippen LogP contribution is 2.34. The lowest BCUT2D eigenvalue weighted by molar-refractivity contribution is -0.117. The van der Waals surface area contributed by atoms with E-state index in [1.165, 1.54) is 11.3 Å². The van der Waals surface area contributed by atoms with Gasteiger partial charge in [-0.3, -0.25) is 4.79 Å². The average Bonchev–Trinajstić information content (AvgIpc) is 2.83. The van der Waals surface area contributed by atoms with Crippen LogP contribution in [0.5, 0.6) is 0 Å². The van der Waals surface area contributed by atoms with Gasteiger partial charge in [0.05, 0.1) is 25.4 Å². The van der Waals surface area contributed by atoms with Crippen LogP contribution in [0.2, 0.25) is 0 Å². The van der Waals surface area contributed by atoms with Crippen LogP contribution >= 0.6 is 11.3 Å². The Hall–Kier alpha value is -1.44. The summed E-state index contributed by atoms with van der Waals surface area (Å²) >= 11 is 1.43. The lowest BCUT2D eigenvalue weighted by Crippen LogP contribution is -2.43.